The summed E-state index contributed by atoms with van der Waals surface area (Å²) in [5.41, 5.74) is 0. The number of carbonyl (C=O) groups excluding carboxylic acids is 1. The Morgan fingerprint density at radius 2 is 2.06 bits per heavy atom. The highest BCUT2D eigenvalue weighted by molar-refractivity contribution is 5.77. The van der Waals surface area contributed by atoms with Gasteiger partial charge in [-0.25, -0.2) is 0 Å². The molecule has 2 fully saturated rings. The fraction of sp³-hybridized carbons (Fsp3) is 0.923. The Kier molecular flexibility index (Phi) is 4.80. The molecule has 17 heavy (non-hydrogen) atoms. The fourth-order valence-corrected chi connectivity index (χ4v) is 3.04. The minimum atomic E-state index is 0.148. The van der Waals surface area contributed by atoms with Crippen LogP contribution < -0.4 is 10.6 Å². The van der Waals surface area contributed by atoms with Gasteiger partial charge in [-0.15, -0.1) is 0 Å². The highest BCUT2D eigenvalue weighted by Crippen LogP contribution is 2.24. The van der Waals surface area contributed by atoms with Crippen molar-refractivity contribution >= 4 is 5.91 Å². The number of aliphatic hydroxyl groups is 1. The SMILES string of the molecule is O=C(CC1CCCN1)NC1CCCCC1CO. The van der Waals surface area contributed by atoms with Gasteiger partial charge in [-0.3, -0.25) is 4.79 Å². The predicted octanol–water partition coefficient (Wildman–Crippen LogP) is 0.796. The van der Waals surface area contributed by atoms with Crippen LogP contribution in [0.5, 0.6) is 0 Å². The Labute approximate surface area is 103 Å². The van der Waals surface area contributed by atoms with Crippen LogP contribution >= 0.6 is 0 Å². The Hall–Kier alpha value is -0.610. The molecule has 1 saturated heterocycles. The van der Waals surface area contributed by atoms with Crippen LogP contribution in [0.2, 0.25) is 0 Å². The molecule has 1 amide bonds. The summed E-state index contributed by atoms with van der Waals surface area (Å²) in [6.45, 7) is 1.24. The van der Waals surface area contributed by atoms with Crippen molar-refractivity contribution in [1.29, 1.82) is 0 Å². The van der Waals surface area contributed by atoms with Crippen LogP contribution in [0, 0.1) is 5.92 Å². The number of hydrogen-bond acceptors (Lipinski definition) is 3. The number of nitrogens with one attached hydrogen (secondary N) is 2. The van der Waals surface area contributed by atoms with Crippen molar-refractivity contribution in [2.24, 2.45) is 5.92 Å². The van der Waals surface area contributed by atoms with Crippen LogP contribution in [0.3, 0.4) is 0 Å². The minimum absolute atomic E-state index is 0.148. The van der Waals surface area contributed by atoms with Gasteiger partial charge in [0.25, 0.3) is 0 Å². The van der Waals surface area contributed by atoms with Crippen molar-refractivity contribution in [3.8, 4) is 0 Å². The van der Waals surface area contributed by atoms with E-state index in [1.165, 1.54) is 19.3 Å². The Morgan fingerprint density at radius 1 is 1.24 bits per heavy atom. The third kappa shape index (κ3) is 3.68. The van der Waals surface area contributed by atoms with Gasteiger partial charge in [-0.1, -0.05) is 12.8 Å². The number of hydrogen-bond donors (Lipinski definition) is 3. The first-order chi connectivity index (χ1) is 8.29. The zero-order valence-electron chi connectivity index (χ0n) is 10.5. The van der Waals surface area contributed by atoms with E-state index >= 15 is 0 Å². The van der Waals surface area contributed by atoms with Gasteiger partial charge < -0.3 is 15.7 Å². The molecule has 1 aliphatic carbocycles. The normalized spacial score (nSPS) is 33.6. The molecule has 0 aromatic heterocycles. The first kappa shape index (κ1) is 12.8. The van der Waals surface area contributed by atoms with E-state index in [1.54, 1.807) is 0 Å². The van der Waals surface area contributed by atoms with E-state index in [-0.39, 0.29) is 24.5 Å². The fourth-order valence-electron chi connectivity index (χ4n) is 3.04. The number of aliphatic hydroxyl groups excluding tert-OH is 1. The summed E-state index contributed by atoms with van der Waals surface area (Å²) in [5.74, 6) is 0.416. The lowest BCUT2D eigenvalue weighted by molar-refractivity contribution is -0.123. The molecule has 4 heteroatoms. The van der Waals surface area contributed by atoms with Crippen molar-refractivity contribution in [2.45, 2.75) is 57.0 Å². The molecular formula is C13H24N2O2. The molecule has 3 atom stereocenters. The van der Waals surface area contributed by atoms with E-state index in [2.05, 4.69) is 10.6 Å². The molecule has 0 radical (unpaired) electrons. The average Bonchev–Trinajstić information content (AvgIpc) is 2.82. The maximum atomic E-state index is 11.9. The third-order valence-electron chi connectivity index (χ3n) is 4.08. The molecule has 3 unspecified atom stereocenters. The molecule has 0 aromatic rings. The number of amides is 1. The lowest BCUT2D eigenvalue weighted by Gasteiger charge is -2.31. The molecule has 2 aliphatic rings. The largest absolute Gasteiger partial charge is 0.396 e. The van der Waals surface area contributed by atoms with E-state index in [0.29, 0.717) is 12.5 Å². The molecule has 1 aliphatic heterocycles. The third-order valence-corrected chi connectivity index (χ3v) is 4.08. The quantitative estimate of drug-likeness (QED) is 0.681. The van der Waals surface area contributed by atoms with Gasteiger partial charge in [0.05, 0.1) is 0 Å². The van der Waals surface area contributed by atoms with Gasteiger partial charge in [-0.05, 0) is 32.2 Å². The van der Waals surface area contributed by atoms with Gasteiger partial charge in [0.1, 0.15) is 0 Å². The summed E-state index contributed by atoms with van der Waals surface area (Å²) in [5, 5.41) is 15.7. The molecule has 0 aromatic carbocycles. The van der Waals surface area contributed by atoms with E-state index in [9.17, 15) is 9.90 Å². The monoisotopic (exact) mass is 240 g/mol. The Bertz CT molecular complexity index is 252. The van der Waals surface area contributed by atoms with Crippen LogP contribution in [0.1, 0.15) is 44.9 Å². The standard InChI is InChI=1S/C13H24N2O2/c16-9-10-4-1-2-6-12(10)15-13(17)8-11-5-3-7-14-11/h10-12,14,16H,1-9H2,(H,15,17). The highest BCUT2D eigenvalue weighted by atomic mass is 16.3. The maximum absolute atomic E-state index is 11.9. The first-order valence-electron chi connectivity index (χ1n) is 6.93. The van der Waals surface area contributed by atoms with E-state index in [4.69, 9.17) is 0 Å². The van der Waals surface area contributed by atoms with Crippen molar-refractivity contribution in [1.82, 2.24) is 10.6 Å². The number of carbonyl (C=O) groups is 1. The lowest BCUT2D eigenvalue weighted by atomic mass is 9.85. The summed E-state index contributed by atoms with van der Waals surface area (Å²) in [6, 6.07) is 0.564. The van der Waals surface area contributed by atoms with Crippen molar-refractivity contribution in [3.05, 3.63) is 0 Å². The second-order valence-corrected chi connectivity index (χ2v) is 5.40. The average molecular weight is 240 g/mol. The second kappa shape index (κ2) is 6.36. The lowest BCUT2D eigenvalue weighted by Crippen LogP contribution is -2.44. The van der Waals surface area contributed by atoms with E-state index in [0.717, 1.165) is 25.8 Å². The molecule has 0 spiro atoms. The van der Waals surface area contributed by atoms with Crippen molar-refractivity contribution < 1.29 is 9.90 Å². The van der Waals surface area contributed by atoms with Gasteiger partial charge in [0, 0.05) is 31.0 Å². The second-order valence-electron chi connectivity index (χ2n) is 5.40. The zero-order chi connectivity index (χ0) is 12.1. The molecule has 0 bridgehead atoms. The molecule has 1 saturated carbocycles. The highest BCUT2D eigenvalue weighted by Gasteiger charge is 2.26. The Morgan fingerprint density at radius 3 is 2.76 bits per heavy atom. The minimum Gasteiger partial charge on any atom is -0.396 e. The summed E-state index contributed by atoms with van der Waals surface area (Å²) in [6.07, 6.45) is 7.31. The molecule has 4 nitrogen and oxygen atoms in total. The predicted molar refractivity (Wildman–Crippen MR) is 66.6 cm³/mol. The number of rotatable bonds is 4. The summed E-state index contributed by atoms with van der Waals surface area (Å²) >= 11 is 0. The molecular weight excluding hydrogens is 216 g/mol. The topological polar surface area (TPSA) is 61.4 Å². The van der Waals surface area contributed by atoms with Gasteiger partial charge in [0.2, 0.25) is 5.91 Å². The summed E-state index contributed by atoms with van der Waals surface area (Å²) in [4.78, 5) is 11.9. The zero-order valence-corrected chi connectivity index (χ0v) is 10.5. The smallest absolute Gasteiger partial charge is 0.221 e. The molecule has 98 valence electrons. The summed E-state index contributed by atoms with van der Waals surface area (Å²) < 4.78 is 0. The van der Waals surface area contributed by atoms with Gasteiger partial charge in [0.15, 0.2) is 0 Å². The van der Waals surface area contributed by atoms with Crippen LogP contribution in [-0.4, -0.2) is 36.2 Å². The van der Waals surface area contributed by atoms with Crippen molar-refractivity contribution in [2.75, 3.05) is 13.2 Å². The van der Waals surface area contributed by atoms with Crippen LogP contribution in [0.25, 0.3) is 0 Å². The molecule has 2 rings (SSSR count). The van der Waals surface area contributed by atoms with Crippen LogP contribution in [0.4, 0.5) is 0 Å². The maximum Gasteiger partial charge on any atom is 0.221 e. The molecule has 3 N–H and O–H groups in total. The molecule has 1 heterocycles. The van der Waals surface area contributed by atoms with Crippen molar-refractivity contribution in [3.63, 3.8) is 0 Å². The first-order valence-corrected chi connectivity index (χ1v) is 6.93. The van der Waals surface area contributed by atoms with E-state index in [1.807, 2.05) is 0 Å². The van der Waals surface area contributed by atoms with E-state index < -0.39 is 0 Å². The van der Waals surface area contributed by atoms with Gasteiger partial charge >= 0.3 is 0 Å². The van der Waals surface area contributed by atoms with Crippen LogP contribution in [-0.2, 0) is 4.79 Å². The Balaban J connectivity index is 1.75. The van der Waals surface area contributed by atoms with Gasteiger partial charge in [-0.2, -0.15) is 0 Å². The summed E-state index contributed by atoms with van der Waals surface area (Å²) in [7, 11) is 0. The van der Waals surface area contributed by atoms with Crippen LogP contribution in [0.15, 0.2) is 0 Å².